The van der Waals surface area contributed by atoms with Crippen LogP contribution in [0, 0.1) is 0 Å². The molecule has 1 aliphatic rings. The van der Waals surface area contributed by atoms with Gasteiger partial charge in [-0.1, -0.05) is 12.1 Å². The lowest BCUT2D eigenvalue weighted by molar-refractivity contribution is 0.0745. The molecule has 8 heteroatoms. The van der Waals surface area contributed by atoms with Gasteiger partial charge in [0, 0.05) is 37.9 Å². The van der Waals surface area contributed by atoms with Gasteiger partial charge in [-0.3, -0.25) is 4.79 Å². The first-order valence-electron chi connectivity index (χ1n) is 12.6. The third-order valence-corrected chi connectivity index (χ3v) is 6.37. The lowest BCUT2D eigenvalue weighted by Crippen LogP contribution is -2.49. The molecule has 2 aromatic heterocycles. The molecule has 3 heterocycles. The summed E-state index contributed by atoms with van der Waals surface area (Å²) in [5.41, 5.74) is 3.65. The Labute approximate surface area is 211 Å². The predicted octanol–water partition coefficient (Wildman–Crippen LogP) is 4.65. The summed E-state index contributed by atoms with van der Waals surface area (Å²) in [5.74, 6) is 2.51. The molecule has 0 bridgehead atoms. The molecule has 1 aliphatic heterocycles. The van der Waals surface area contributed by atoms with E-state index in [0.29, 0.717) is 68.8 Å². The molecule has 2 aromatic carbocycles. The van der Waals surface area contributed by atoms with Gasteiger partial charge >= 0.3 is 0 Å². The maximum Gasteiger partial charge on any atom is 0.254 e. The number of hydrogen-bond donors (Lipinski definition) is 0. The lowest BCUT2D eigenvalue weighted by Gasteiger charge is -2.36. The van der Waals surface area contributed by atoms with Crippen LogP contribution in [0.5, 0.6) is 17.2 Å². The number of hydrogen-bond acceptors (Lipinski definition) is 6. The number of amides is 1. The second-order valence-electron chi connectivity index (χ2n) is 8.57. The van der Waals surface area contributed by atoms with Crippen LogP contribution in [0.15, 0.2) is 54.7 Å². The summed E-state index contributed by atoms with van der Waals surface area (Å²) in [5, 5.41) is 0. The summed E-state index contributed by atoms with van der Waals surface area (Å²) >= 11 is 0. The van der Waals surface area contributed by atoms with Gasteiger partial charge in [0.05, 0.1) is 36.4 Å². The molecular weight excluding hydrogens is 456 g/mol. The number of carbonyl (C=O) groups excluding carboxylic acids is 1. The number of anilines is 1. The van der Waals surface area contributed by atoms with Crippen molar-refractivity contribution in [1.82, 2.24) is 14.3 Å². The number of piperazine rings is 1. The molecule has 0 aliphatic carbocycles. The topological polar surface area (TPSA) is 68.5 Å². The molecule has 0 N–H and O–H groups in total. The van der Waals surface area contributed by atoms with E-state index in [0.717, 1.165) is 22.4 Å². The van der Waals surface area contributed by atoms with Crippen LogP contribution >= 0.6 is 0 Å². The Morgan fingerprint density at radius 3 is 2.14 bits per heavy atom. The second kappa shape index (κ2) is 10.4. The maximum atomic E-state index is 13.5. The van der Waals surface area contributed by atoms with Gasteiger partial charge < -0.3 is 28.4 Å². The molecule has 5 rings (SSSR count). The number of para-hydroxylation sites is 2. The van der Waals surface area contributed by atoms with Crippen molar-refractivity contribution < 1.29 is 19.0 Å². The lowest BCUT2D eigenvalue weighted by atomic mass is 10.1. The Kier molecular flexibility index (Phi) is 6.84. The zero-order chi connectivity index (χ0) is 25.1. The van der Waals surface area contributed by atoms with E-state index in [1.54, 1.807) is 12.1 Å². The van der Waals surface area contributed by atoms with Gasteiger partial charge in [-0.05, 0) is 57.2 Å². The summed E-state index contributed by atoms with van der Waals surface area (Å²) in [6.45, 7) is 9.74. The van der Waals surface area contributed by atoms with E-state index < -0.39 is 0 Å². The fourth-order valence-electron chi connectivity index (χ4n) is 4.76. The summed E-state index contributed by atoms with van der Waals surface area (Å²) in [6, 6.07) is 15.8. The van der Waals surface area contributed by atoms with Crippen LogP contribution < -0.4 is 19.1 Å². The smallest absolute Gasteiger partial charge is 0.254 e. The van der Waals surface area contributed by atoms with Gasteiger partial charge in [-0.2, -0.15) is 0 Å². The average molecular weight is 489 g/mol. The van der Waals surface area contributed by atoms with Crippen LogP contribution in [-0.2, 0) is 0 Å². The number of ether oxygens (including phenoxy) is 3. The van der Waals surface area contributed by atoms with Crippen LogP contribution in [0.25, 0.3) is 16.6 Å². The van der Waals surface area contributed by atoms with Gasteiger partial charge in [0.2, 0.25) is 5.75 Å². The van der Waals surface area contributed by atoms with Gasteiger partial charge in [0.15, 0.2) is 17.3 Å². The molecule has 0 atom stereocenters. The highest BCUT2D eigenvalue weighted by molar-refractivity contribution is 5.96. The Morgan fingerprint density at radius 1 is 0.833 bits per heavy atom. The molecule has 188 valence electrons. The van der Waals surface area contributed by atoms with Crippen molar-refractivity contribution in [2.24, 2.45) is 0 Å². The fraction of sp³-hybridized carbons (Fsp3) is 0.357. The molecule has 36 heavy (non-hydrogen) atoms. The van der Waals surface area contributed by atoms with E-state index in [4.69, 9.17) is 19.2 Å². The van der Waals surface area contributed by atoms with Crippen molar-refractivity contribution in [3.05, 3.63) is 60.3 Å². The Bertz CT molecular complexity index is 1350. The van der Waals surface area contributed by atoms with E-state index >= 15 is 0 Å². The Morgan fingerprint density at radius 2 is 1.47 bits per heavy atom. The summed E-state index contributed by atoms with van der Waals surface area (Å²) < 4.78 is 19.6. The first-order valence-corrected chi connectivity index (χ1v) is 12.6. The van der Waals surface area contributed by atoms with E-state index in [1.807, 2.05) is 49.9 Å². The van der Waals surface area contributed by atoms with Crippen molar-refractivity contribution in [1.29, 1.82) is 0 Å². The van der Waals surface area contributed by atoms with E-state index in [9.17, 15) is 4.79 Å². The quantitative estimate of drug-likeness (QED) is 0.360. The summed E-state index contributed by atoms with van der Waals surface area (Å²) in [6.07, 6.45) is 2.07. The van der Waals surface area contributed by atoms with Crippen LogP contribution in [0.2, 0.25) is 0 Å². The molecule has 0 spiro atoms. The molecule has 8 nitrogen and oxygen atoms in total. The minimum Gasteiger partial charge on any atom is -0.490 e. The van der Waals surface area contributed by atoms with Gasteiger partial charge in [0.1, 0.15) is 0 Å². The highest BCUT2D eigenvalue weighted by atomic mass is 16.5. The second-order valence-corrected chi connectivity index (χ2v) is 8.57. The zero-order valence-corrected chi connectivity index (χ0v) is 21.1. The van der Waals surface area contributed by atoms with Crippen LogP contribution in [0.4, 0.5) is 5.82 Å². The van der Waals surface area contributed by atoms with Crippen molar-refractivity contribution in [3.63, 3.8) is 0 Å². The van der Waals surface area contributed by atoms with Crippen LogP contribution in [-0.4, -0.2) is 66.2 Å². The SMILES string of the molecule is CCOc1cc(C(=O)N2CCN(c3nc4ccccc4n4cccc34)CC2)cc(OCC)c1OCC. The number of aromatic nitrogens is 2. The first kappa shape index (κ1) is 23.8. The zero-order valence-electron chi connectivity index (χ0n) is 21.1. The van der Waals surface area contributed by atoms with E-state index in [1.165, 1.54) is 0 Å². The standard InChI is InChI=1S/C28H32N4O4/c1-4-34-24-18-20(19-25(35-5-2)26(24)36-6-3)28(33)31-16-14-30(15-17-31)27-23-12-9-13-32(23)22-11-8-7-10-21(22)29-27/h7-13,18-19H,4-6,14-17H2,1-3H3. The van der Waals surface area contributed by atoms with Gasteiger partial charge in [-0.15, -0.1) is 0 Å². The average Bonchev–Trinajstić information content (AvgIpc) is 3.40. The predicted molar refractivity (Wildman–Crippen MR) is 141 cm³/mol. The Balaban J connectivity index is 1.38. The highest BCUT2D eigenvalue weighted by Crippen LogP contribution is 2.39. The number of fused-ring (bicyclic) bond motifs is 3. The van der Waals surface area contributed by atoms with Crippen molar-refractivity contribution in [3.8, 4) is 17.2 Å². The maximum absolute atomic E-state index is 13.5. The molecule has 4 aromatic rings. The highest BCUT2D eigenvalue weighted by Gasteiger charge is 2.26. The minimum atomic E-state index is -0.0427. The Hall–Kier alpha value is -3.94. The molecule has 0 unspecified atom stereocenters. The number of carbonyl (C=O) groups is 1. The number of benzene rings is 2. The van der Waals surface area contributed by atoms with Crippen molar-refractivity contribution in [2.45, 2.75) is 20.8 Å². The molecule has 0 saturated carbocycles. The van der Waals surface area contributed by atoms with Gasteiger partial charge in [-0.25, -0.2) is 4.98 Å². The molecule has 0 radical (unpaired) electrons. The van der Waals surface area contributed by atoms with Crippen molar-refractivity contribution >= 4 is 28.3 Å². The van der Waals surface area contributed by atoms with Crippen LogP contribution in [0.3, 0.4) is 0 Å². The monoisotopic (exact) mass is 488 g/mol. The third-order valence-electron chi connectivity index (χ3n) is 6.37. The molecule has 1 saturated heterocycles. The molecule has 1 amide bonds. The fourth-order valence-corrected chi connectivity index (χ4v) is 4.76. The first-order chi connectivity index (χ1) is 17.6. The molecule has 1 fully saturated rings. The minimum absolute atomic E-state index is 0.0427. The van der Waals surface area contributed by atoms with E-state index in [2.05, 4.69) is 27.6 Å². The van der Waals surface area contributed by atoms with Gasteiger partial charge in [0.25, 0.3) is 5.91 Å². The third kappa shape index (κ3) is 4.39. The summed E-state index contributed by atoms with van der Waals surface area (Å²) in [7, 11) is 0. The van der Waals surface area contributed by atoms with Crippen molar-refractivity contribution in [2.75, 3.05) is 50.9 Å². The largest absolute Gasteiger partial charge is 0.490 e. The normalized spacial score (nSPS) is 13.9. The number of rotatable bonds is 8. The van der Waals surface area contributed by atoms with Crippen LogP contribution in [0.1, 0.15) is 31.1 Å². The molecular formula is C28H32N4O4. The van der Waals surface area contributed by atoms with E-state index in [-0.39, 0.29) is 5.91 Å². The number of nitrogens with zero attached hydrogens (tertiary/aromatic N) is 4. The summed E-state index contributed by atoms with van der Waals surface area (Å²) in [4.78, 5) is 22.6.